The lowest BCUT2D eigenvalue weighted by atomic mass is 9.98. The van der Waals surface area contributed by atoms with Crippen LogP contribution in [0.3, 0.4) is 0 Å². The van der Waals surface area contributed by atoms with Gasteiger partial charge in [0.05, 0.1) is 0 Å². The number of rotatable bonds is 3. The highest BCUT2D eigenvalue weighted by Crippen LogP contribution is 2.24. The fourth-order valence-electron chi connectivity index (χ4n) is 4.21. The molecule has 0 unspecified atom stereocenters. The lowest BCUT2D eigenvalue weighted by Crippen LogP contribution is -2.50. The van der Waals surface area contributed by atoms with Gasteiger partial charge in [-0.25, -0.2) is 4.98 Å². The Morgan fingerprint density at radius 1 is 1.06 bits per heavy atom. The molecule has 1 fully saturated rings. The molecule has 0 aliphatic carbocycles. The van der Waals surface area contributed by atoms with Crippen LogP contribution in [0.2, 0.25) is 0 Å². The van der Waals surface area contributed by atoms with Gasteiger partial charge in [0.25, 0.3) is 5.91 Å². The van der Waals surface area contributed by atoms with Crippen molar-refractivity contribution in [3.63, 3.8) is 0 Å². The molecule has 4 amide bonds. The first-order valence-electron chi connectivity index (χ1n) is 12.4. The molecule has 0 saturated carbocycles. The molecular weight excluding hydrogens is 454 g/mol. The van der Waals surface area contributed by atoms with Crippen LogP contribution in [0.5, 0.6) is 0 Å². The number of aromatic nitrogens is 1. The lowest BCUT2D eigenvalue weighted by molar-refractivity contribution is -0.133. The topological polar surface area (TPSA) is 152 Å². The van der Waals surface area contributed by atoms with Crippen LogP contribution in [0.25, 0.3) is 0 Å². The second kappa shape index (κ2) is 12.1. The Morgan fingerprint density at radius 3 is 2.46 bits per heavy atom. The molecule has 2 aliphatic rings. The fourth-order valence-corrected chi connectivity index (χ4v) is 4.21. The highest BCUT2D eigenvalue weighted by atomic mass is 16.5. The Hall–Kier alpha value is -2.95. The van der Waals surface area contributed by atoms with Crippen molar-refractivity contribution in [3.8, 4) is 0 Å². The summed E-state index contributed by atoms with van der Waals surface area (Å²) in [6.07, 6.45) is 2.90. The summed E-state index contributed by atoms with van der Waals surface area (Å²) in [5.74, 6) is -1.12. The number of nitrogens with one attached hydrogen (secondary N) is 4. The Morgan fingerprint density at radius 2 is 1.77 bits per heavy atom. The van der Waals surface area contributed by atoms with E-state index >= 15 is 0 Å². The molecule has 1 aromatic rings. The Balaban J connectivity index is 1.84. The van der Waals surface area contributed by atoms with E-state index in [2.05, 4.69) is 26.3 Å². The van der Waals surface area contributed by atoms with Gasteiger partial charge in [-0.1, -0.05) is 13.8 Å². The number of aryl methyl sites for hydroxylation is 1. The van der Waals surface area contributed by atoms with Crippen molar-refractivity contribution in [2.24, 2.45) is 11.8 Å². The average Bonchev–Trinajstić information content (AvgIpc) is 3.22. The minimum Gasteiger partial charge on any atom is -0.443 e. The zero-order valence-electron chi connectivity index (χ0n) is 20.9. The number of fused-ring (bicyclic) bond motifs is 2. The van der Waals surface area contributed by atoms with Crippen molar-refractivity contribution in [1.82, 2.24) is 26.3 Å². The monoisotopic (exact) mass is 491 g/mol. The predicted molar refractivity (Wildman–Crippen MR) is 126 cm³/mol. The summed E-state index contributed by atoms with van der Waals surface area (Å²) >= 11 is 0. The minimum atomic E-state index is -0.748. The van der Waals surface area contributed by atoms with Crippen LogP contribution in [0, 0.1) is 18.8 Å². The van der Waals surface area contributed by atoms with Crippen molar-refractivity contribution >= 4 is 23.6 Å². The van der Waals surface area contributed by atoms with E-state index in [-0.39, 0.29) is 41.1 Å². The van der Waals surface area contributed by atoms with Gasteiger partial charge in [0.15, 0.2) is 5.69 Å². The molecule has 3 rings (SSSR count). The van der Waals surface area contributed by atoms with Crippen LogP contribution in [-0.4, -0.2) is 60.5 Å². The predicted octanol–water partition coefficient (Wildman–Crippen LogP) is 1.13. The van der Waals surface area contributed by atoms with E-state index in [1.54, 1.807) is 13.8 Å². The maximum absolute atomic E-state index is 13.3. The summed E-state index contributed by atoms with van der Waals surface area (Å²) in [5, 5.41) is 11.3. The van der Waals surface area contributed by atoms with E-state index in [0.29, 0.717) is 57.6 Å². The van der Waals surface area contributed by atoms with Crippen LogP contribution in [-0.2, 0) is 19.1 Å². The van der Waals surface area contributed by atoms with Gasteiger partial charge in [0, 0.05) is 25.7 Å². The normalized spacial score (nSPS) is 25.5. The molecule has 11 nitrogen and oxygen atoms in total. The molecule has 35 heavy (non-hydrogen) atoms. The van der Waals surface area contributed by atoms with Crippen LogP contribution in [0.4, 0.5) is 0 Å². The minimum absolute atomic E-state index is 0.0658. The molecule has 4 N–H and O–H groups in total. The van der Waals surface area contributed by atoms with Crippen LogP contribution >= 0.6 is 0 Å². The molecule has 1 aromatic heterocycles. The first-order valence-corrected chi connectivity index (χ1v) is 12.4. The number of carbonyl (C=O) groups is 4. The smallest absolute Gasteiger partial charge is 0.274 e. The highest BCUT2D eigenvalue weighted by molar-refractivity contribution is 5.96. The third-order valence-electron chi connectivity index (χ3n) is 6.44. The summed E-state index contributed by atoms with van der Waals surface area (Å²) < 4.78 is 11.1. The molecule has 194 valence electrons. The van der Waals surface area contributed by atoms with Gasteiger partial charge in [-0.15, -0.1) is 0 Å². The second-order valence-corrected chi connectivity index (χ2v) is 9.62. The first kappa shape index (κ1) is 26.7. The zero-order chi connectivity index (χ0) is 25.5. The van der Waals surface area contributed by atoms with Crippen LogP contribution < -0.4 is 21.3 Å². The van der Waals surface area contributed by atoms with Gasteiger partial charge < -0.3 is 30.4 Å². The molecule has 2 bridgehead atoms. The van der Waals surface area contributed by atoms with Crippen molar-refractivity contribution in [2.45, 2.75) is 77.9 Å². The largest absolute Gasteiger partial charge is 0.443 e. The van der Waals surface area contributed by atoms with Crippen molar-refractivity contribution in [1.29, 1.82) is 0 Å². The number of carbonyl (C=O) groups excluding carboxylic acids is 4. The van der Waals surface area contributed by atoms with Gasteiger partial charge in [-0.05, 0) is 51.9 Å². The summed E-state index contributed by atoms with van der Waals surface area (Å²) in [6.45, 7) is 8.48. The third kappa shape index (κ3) is 7.03. The number of amides is 4. The van der Waals surface area contributed by atoms with Gasteiger partial charge in [0.2, 0.25) is 23.6 Å². The molecule has 3 atom stereocenters. The van der Waals surface area contributed by atoms with E-state index in [4.69, 9.17) is 9.15 Å². The Bertz CT molecular complexity index is 924. The maximum atomic E-state index is 13.3. The quantitative estimate of drug-likeness (QED) is 0.495. The van der Waals surface area contributed by atoms with E-state index in [9.17, 15) is 19.2 Å². The van der Waals surface area contributed by atoms with E-state index in [1.807, 2.05) is 13.8 Å². The number of hydrogen-bond donors (Lipinski definition) is 4. The van der Waals surface area contributed by atoms with E-state index < -0.39 is 24.0 Å². The number of nitrogens with zero attached hydrogens (tertiary/aromatic N) is 1. The third-order valence-corrected chi connectivity index (χ3v) is 6.44. The van der Waals surface area contributed by atoms with Crippen LogP contribution in [0.1, 0.15) is 81.1 Å². The highest BCUT2D eigenvalue weighted by Gasteiger charge is 2.32. The molecule has 0 aromatic carbocycles. The summed E-state index contributed by atoms with van der Waals surface area (Å²) in [6, 6.07) is -2.09. The molecule has 2 aliphatic heterocycles. The van der Waals surface area contributed by atoms with Crippen molar-refractivity contribution < 1.29 is 28.3 Å². The van der Waals surface area contributed by atoms with Gasteiger partial charge in [-0.2, -0.15) is 0 Å². The molecule has 0 radical (unpaired) electrons. The standard InChI is InChI=1S/C24H37N5O6/c1-13(2)18-24-29-19(15(4)35-24)23(33)26-14(3)20(30)25-10-6-5-7-17(22(32)28-18)27-21(31)16-8-11-34-12-9-16/h13-14,16-18H,5-12H2,1-4H3,(H,25,30)(H,26,33)(H,27,31)(H,28,32)/t14-,17+,18+/m1/s1. The molecule has 0 spiro atoms. The maximum Gasteiger partial charge on any atom is 0.274 e. The van der Waals surface area contributed by atoms with E-state index in [0.717, 1.165) is 0 Å². The summed E-state index contributed by atoms with van der Waals surface area (Å²) in [7, 11) is 0. The molecule has 3 heterocycles. The number of hydrogen-bond acceptors (Lipinski definition) is 7. The zero-order valence-corrected chi connectivity index (χ0v) is 20.9. The Kier molecular flexibility index (Phi) is 9.25. The number of oxazole rings is 1. The lowest BCUT2D eigenvalue weighted by Gasteiger charge is -2.27. The van der Waals surface area contributed by atoms with Gasteiger partial charge in [-0.3, -0.25) is 19.2 Å². The first-order chi connectivity index (χ1) is 16.7. The van der Waals surface area contributed by atoms with Gasteiger partial charge >= 0.3 is 0 Å². The van der Waals surface area contributed by atoms with Gasteiger partial charge in [0.1, 0.15) is 23.9 Å². The van der Waals surface area contributed by atoms with Crippen molar-refractivity contribution in [3.05, 3.63) is 17.3 Å². The molecule has 11 heteroatoms. The van der Waals surface area contributed by atoms with E-state index in [1.165, 1.54) is 0 Å². The average molecular weight is 492 g/mol. The molecule has 1 saturated heterocycles. The number of ether oxygens (including phenoxy) is 1. The summed E-state index contributed by atoms with van der Waals surface area (Å²) in [5.41, 5.74) is 0.0658. The second-order valence-electron chi connectivity index (χ2n) is 9.62. The van der Waals surface area contributed by atoms with Crippen molar-refractivity contribution in [2.75, 3.05) is 19.8 Å². The SMILES string of the molecule is Cc1oc2nc1C(=O)N[C@H](C)C(=O)NCCCC[C@H](NC(=O)C1CCOCC1)C(=O)N[C@H]2C(C)C. The Labute approximate surface area is 205 Å². The van der Waals surface area contributed by atoms with Crippen LogP contribution in [0.15, 0.2) is 4.42 Å². The fraction of sp³-hybridized carbons (Fsp3) is 0.708. The summed E-state index contributed by atoms with van der Waals surface area (Å²) in [4.78, 5) is 55.6. The molecular formula is C24H37N5O6.